The molecular formula is C21H23N5O2. The van der Waals surface area contributed by atoms with Gasteiger partial charge in [0.1, 0.15) is 11.5 Å². The van der Waals surface area contributed by atoms with Gasteiger partial charge in [0.2, 0.25) is 0 Å². The Labute approximate surface area is 164 Å². The van der Waals surface area contributed by atoms with Crippen LogP contribution in [0.2, 0.25) is 0 Å². The van der Waals surface area contributed by atoms with Crippen LogP contribution in [0, 0.1) is 0 Å². The van der Waals surface area contributed by atoms with Crippen LogP contribution in [-0.2, 0) is 17.7 Å². The van der Waals surface area contributed by atoms with E-state index in [1.54, 1.807) is 23.1 Å². The van der Waals surface area contributed by atoms with E-state index in [0.29, 0.717) is 18.1 Å². The summed E-state index contributed by atoms with van der Waals surface area (Å²) in [6, 6.07) is 15.7. The molecule has 0 spiro atoms. The lowest BCUT2D eigenvalue weighted by Gasteiger charge is -2.28. The number of rotatable bonds is 6. The molecule has 4 rings (SSSR count). The first-order valence-electron chi connectivity index (χ1n) is 9.45. The van der Waals surface area contributed by atoms with Crippen LogP contribution in [0.25, 0.3) is 0 Å². The average molecular weight is 377 g/mol. The molecule has 3 aromatic rings. The van der Waals surface area contributed by atoms with Gasteiger partial charge in [-0.15, -0.1) is 0 Å². The van der Waals surface area contributed by atoms with Gasteiger partial charge in [-0.25, -0.2) is 4.98 Å². The van der Waals surface area contributed by atoms with Gasteiger partial charge < -0.3 is 15.0 Å². The molecule has 28 heavy (non-hydrogen) atoms. The van der Waals surface area contributed by atoms with Gasteiger partial charge in [-0.3, -0.25) is 9.48 Å². The molecule has 3 heterocycles. The number of hydrogen-bond acceptors (Lipinski definition) is 5. The van der Waals surface area contributed by atoms with Crippen LogP contribution < -0.4 is 10.2 Å². The number of carbonyl (C=O) groups excluding carboxylic acids is 1. The molecule has 0 bridgehead atoms. The molecule has 0 atom stereocenters. The van der Waals surface area contributed by atoms with E-state index in [0.717, 1.165) is 38.4 Å². The van der Waals surface area contributed by atoms with E-state index in [1.807, 2.05) is 30.3 Å². The van der Waals surface area contributed by atoms with E-state index in [-0.39, 0.29) is 5.91 Å². The number of nitrogens with one attached hydrogen (secondary N) is 1. The molecule has 1 aromatic carbocycles. The summed E-state index contributed by atoms with van der Waals surface area (Å²) in [5, 5.41) is 7.15. The number of carbonyl (C=O) groups is 1. The van der Waals surface area contributed by atoms with Crippen molar-refractivity contribution in [3.05, 3.63) is 72.2 Å². The molecule has 1 aliphatic heterocycles. The summed E-state index contributed by atoms with van der Waals surface area (Å²) in [6.07, 6.45) is 4.25. The van der Waals surface area contributed by atoms with E-state index >= 15 is 0 Å². The van der Waals surface area contributed by atoms with Crippen molar-refractivity contribution in [2.75, 3.05) is 36.5 Å². The number of pyridine rings is 1. The maximum Gasteiger partial charge on any atom is 0.275 e. The minimum absolute atomic E-state index is 0.211. The fourth-order valence-corrected chi connectivity index (χ4v) is 3.23. The standard InChI is InChI=1S/C21H23N5O2/c27-21(19-8-10-23-26(19)11-9-17-4-2-1-3-5-17)24-20-7-6-18(16-22-20)25-12-14-28-15-13-25/h1-8,10,16H,9,11-15H2,(H,22,24,27). The molecule has 2 aromatic heterocycles. The first kappa shape index (κ1) is 18.2. The van der Waals surface area contributed by atoms with Gasteiger partial charge >= 0.3 is 0 Å². The van der Waals surface area contributed by atoms with Gasteiger partial charge in [0, 0.05) is 25.8 Å². The molecule has 0 saturated carbocycles. The Kier molecular flexibility index (Phi) is 5.63. The SMILES string of the molecule is O=C(Nc1ccc(N2CCOCC2)cn1)c1ccnn1CCc1ccccc1. The van der Waals surface area contributed by atoms with Crippen LogP contribution in [0.4, 0.5) is 11.5 Å². The topological polar surface area (TPSA) is 72.3 Å². The van der Waals surface area contributed by atoms with Crippen molar-refractivity contribution in [2.24, 2.45) is 0 Å². The second kappa shape index (κ2) is 8.67. The molecule has 1 aliphatic rings. The highest BCUT2D eigenvalue weighted by molar-refractivity contribution is 6.02. The van der Waals surface area contributed by atoms with Gasteiger partial charge in [-0.2, -0.15) is 5.10 Å². The summed E-state index contributed by atoms with van der Waals surface area (Å²) in [5.41, 5.74) is 2.77. The Morgan fingerprint density at radius 3 is 2.64 bits per heavy atom. The zero-order valence-electron chi connectivity index (χ0n) is 15.6. The Bertz CT molecular complexity index is 902. The second-order valence-corrected chi connectivity index (χ2v) is 6.63. The molecule has 144 valence electrons. The first-order valence-corrected chi connectivity index (χ1v) is 9.45. The number of nitrogens with zero attached hydrogens (tertiary/aromatic N) is 4. The number of aromatic nitrogens is 3. The summed E-state index contributed by atoms with van der Waals surface area (Å²) in [4.78, 5) is 19.3. The van der Waals surface area contributed by atoms with Gasteiger partial charge in [0.05, 0.1) is 25.1 Å². The van der Waals surface area contributed by atoms with Crippen LogP contribution >= 0.6 is 0 Å². The fraction of sp³-hybridized carbons (Fsp3) is 0.286. The third kappa shape index (κ3) is 4.37. The lowest BCUT2D eigenvalue weighted by Crippen LogP contribution is -2.36. The third-order valence-corrected chi connectivity index (χ3v) is 4.77. The number of aryl methyl sites for hydroxylation is 2. The summed E-state index contributed by atoms with van der Waals surface area (Å²) in [7, 11) is 0. The normalized spacial score (nSPS) is 14.1. The van der Waals surface area contributed by atoms with Crippen LogP contribution in [0.5, 0.6) is 0 Å². The number of anilines is 2. The van der Waals surface area contributed by atoms with Gasteiger partial charge in [0.15, 0.2) is 0 Å². The van der Waals surface area contributed by atoms with Crippen molar-refractivity contribution in [3.63, 3.8) is 0 Å². The summed E-state index contributed by atoms with van der Waals surface area (Å²) in [6.45, 7) is 3.81. The Morgan fingerprint density at radius 1 is 1.07 bits per heavy atom. The quantitative estimate of drug-likeness (QED) is 0.715. The lowest BCUT2D eigenvalue weighted by atomic mass is 10.1. The second-order valence-electron chi connectivity index (χ2n) is 6.63. The van der Waals surface area contributed by atoms with E-state index in [2.05, 4.69) is 32.4 Å². The van der Waals surface area contributed by atoms with Crippen molar-refractivity contribution in [2.45, 2.75) is 13.0 Å². The van der Waals surface area contributed by atoms with E-state index < -0.39 is 0 Å². The summed E-state index contributed by atoms with van der Waals surface area (Å²) < 4.78 is 7.10. The predicted octanol–water partition coefficient (Wildman–Crippen LogP) is 2.61. The highest BCUT2D eigenvalue weighted by Gasteiger charge is 2.14. The van der Waals surface area contributed by atoms with Crippen LogP contribution in [0.1, 0.15) is 16.1 Å². The highest BCUT2D eigenvalue weighted by atomic mass is 16.5. The van der Waals surface area contributed by atoms with E-state index in [9.17, 15) is 4.79 Å². The Morgan fingerprint density at radius 2 is 1.89 bits per heavy atom. The van der Waals surface area contributed by atoms with Crippen molar-refractivity contribution in [1.82, 2.24) is 14.8 Å². The molecule has 0 radical (unpaired) electrons. The molecule has 1 saturated heterocycles. The maximum absolute atomic E-state index is 12.7. The molecule has 1 amide bonds. The van der Waals surface area contributed by atoms with Gasteiger partial charge in [-0.05, 0) is 30.2 Å². The summed E-state index contributed by atoms with van der Waals surface area (Å²) >= 11 is 0. The molecule has 7 heteroatoms. The van der Waals surface area contributed by atoms with Gasteiger partial charge in [0.25, 0.3) is 5.91 Å². The lowest BCUT2D eigenvalue weighted by molar-refractivity contribution is 0.101. The number of hydrogen-bond donors (Lipinski definition) is 1. The van der Waals surface area contributed by atoms with Crippen LogP contribution in [0.3, 0.4) is 0 Å². The van der Waals surface area contributed by atoms with E-state index in [1.165, 1.54) is 5.56 Å². The molecule has 1 fully saturated rings. The fourth-order valence-electron chi connectivity index (χ4n) is 3.23. The number of benzene rings is 1. The third-order valence-electron chi connectivity index (χ3n) is 4.77. The minimum atomic E-state index is -0.211. The largest absolute Gasteiger partial charge is 0.378 e. The maximum atomic E-state index is 12.7. The molecule has 0 unspecified atom stereocenters. The average Bonchev–Trinajstić information content (AvgIpc) is 3.23. The predicted molar refractivity (Wildman–Crippen MR) is 108 cm³/mol. The summed E-state index contributed by atoms with van der Waals surface area (Å²) in [5.74, 6) is 0.315. The van der Waals surface area contributed by atoms with Crippen molar-refractivity contribution in [3.8, 4) is 0 Å². The number of morpholine rings is 1. The molecule has 0 aliphatic carbocycles. The van der Waals surface area contributed by atoms with Crippen LogP contribution in [-0.4, -0.2) is 47.0 Å². The zero-order valence-corrected chi connectivity index (χ0v) is 15.6. The van der Waals surface area contributed by atoms with Crippen molar-refractivity contribution in [1.29, 1.82) is 0 Å². The van der Waals surface area contributed by atoms with Gasteiger partial charge in [-0.1, -0.05) is 30.3 Å². The van der Waals surface area contributed by atoms with Crippen molar-refractivity contribution >= 4 is 17.4 Å². The smallest absolute Gasteiger partial charge is 0.275 e. The molecule has 7 nitrogen and oxygen atoms in total. The Balaban J connectivity index is 1.38. The highest BCUT2D eigenvalue weighted by Crippen LogP contribution is 2.17. The van der Waals surface area contributed by atoms with Crippen molar-refractivity contribution < 1.29 is 9.53 Å². The zero-order chi connectivity index (χ0) is 19.2. The molecule has 1 N–H and O–H groups in total. The number of amides is 1. The molecular weight excluding hydrogens is 354 g/mol. The monoisotopic (exact) mass is 377 g/mol. The van der Waals surface area contributed by atoms with E-state index in [4.69, 9.17) is 4.74 Å². The number of ether oxygens (including phenoxy) is 1. The Hall–Kier alpha value is -3.19. The first-order chi connectivity index (χ1) is 13.8. The minimum Gasteiger partial charge on any atom is -0.378 e. The van der Waals surface area contributed by atoms with Crippen LogP contribution in [0.15, 0.2) is 60.9 Å².